The average Bonchev–Trinajstić information content (AvgIpc) is 2.83. The van der Waals surface area contributed by atoms with E-state index in [2.05, 4.69) is 36.0 Å². The lowest BCUT2D eigenvalue weighted by molar-refractivity contribution is -0.274. The molecule has 1 saturated heterocycles. The topological polar surface area (TPSA) is 70.6 Å². The summed E-state index contributed by atoms with van der Waals surface area (Å²) >= 11 is 3.15. The quantitative estimate of drug-likeness (QED) is 0.376. The number of carbonyl (C=O) groups excluding carboxylic acids is 1. The van der Waals surface area contributed by atoms with Gasteiger partial charge in [-0.2, -0.15) is 4.98 Å². The first kappa shape index (κ1) is 28.8. The van der Waals surface area contributed by atoms with Gasteiger partial charge in [0.15, 0.2) is 0 Å². The van der Waals surface area contributed by atoms with Crippen molar-refractivity contribution in [2.24, 2.45) is 5.92 Å². The molecule has 3 aromatic rings. The average molecular weight is 603 g/mol. The number of nitrogens with zero attached hydrogens (tertiary/aromatic N) is 4. The van der Waals surface area contributed by atoms with Gasteiger partial charge in [-0.05, 0) is 43.0 Å². The van der Waals surface area contributed by atoms with E-state index in [0.29, 0.717) is 36.0 Å². The Bertz CT molecular complexity index is 1240. The molecule has 0 unspecified atom stereocenters. The summed E-state index contributed by atoms with van der Waals surface area (Å²) in [7, 11) is 3.88. The molecular formula is C25H28BrClF3N5O2. The zero-order chi connectivity index (χ0) is 25.9. The van der Waals surface area contributed by atoms with Gasteiger partial charge in [0.1, 0.15) is 11.6 Å². The van der Waals surface area contributed by atoms with Crippen LogP contribution in [0.25, 0.3) is 10.9 Å². The largest absolute Gasteiger partial charge is 0.573 e. The summed E-state index contributed by atoms with van der Waals surface area (Å²) in [5.74, 6) is 1.14. The lowest BCUT2D eigenvalue weighted by atomic mass is 9.96. The first-order valence-electron chi connectivity index (χ1n) is 11.6. The van der Waals surface area contributed by atoms with E-state index in [1.54, 1.807) is 11.0 Å². The smallest absolute Gasteiger partial charge is 0.405 e. The fourth-order valence-corrected chi connectivity index (χ4v) is 4.61. The number of ether oxygens (including phenoxy) is 1. The van der Waals surface area contributed by atoms with Crippen LogP contribution >= 0.6 is 28.3 Å². The molecule has 12 heteroatoms. The zero-order valence-corrected chi connectivity index (χ0v) is 22.8. The SMILES string of the molecule is CN(C)c1nc(NCC2CCN(C(=O)Cc3ccc(Br)cc3OC(F)(F)F)CC2)nc2ccccc12.Cl. The van der Waals surface area contributed by atoms with Crippen molar-refractivity contribution >= 4 is 56.9 Å². The van der Waals surface area contributed by atoms with Gasteiger partial charge >= 0.3 is 6.36 Å². The van der Waals surface area contributed by atoms with Crippen molar-refractivity contribution in [1.29, 1.82) is 0 Å². The Hall–Kier alpha value is -2.79. The van der Waals surface area contributed by atoms with Crippen molar-refractivity contribution in [2.75, 3.05) is 43.9 Å². The molecule has 37 heavy (non-hydrogen) atoms. The van der Waals surface area contributed by atoms with Gasteiger partial charge in [0.2, 0.25) is 11.9 Å². The highest BCUT2D eigenvalue weighted by atomic mass is 79.9. The number of likely N-dealkylation sites (tertiary alicyclic amines) is 1. The van der Waals surface area contributed by atoms with Crippen molar-refractivity contribution in [2.45, 2.75) is 25.6 Å². The highest BCUT2D eigenvalue weighted by molar-refractivity contribution is 9.10. The number of carbonyl (C=O) groups is 1. The Morgan fingerprint density at radius 2 is 1.86 bits per heavy atom. The summed E-state index contributed by atoms with van der Waals surface area (Å²) in [6.45, 7) is 1.75. The van der Waals surface area contributed by atoms with Crippen molar-refractivity contribution in [3.8, 4) is 5.75 Å². The molecule has 0 aliphatic carbocycles. The third-order valence-electron chi connectivity index (χ3n) is 6.12. The summed E-state index contributed by atoms with van der Waals surface area (Å²) < 4.78 is 42.9. The van der Waals surface area contributed by atoms with E-state index in [-0.39, 0.29) is 36.0 Å². The van der Waals surface area contributed by atoms with Crippen LogP contribution in [-0.2, 0) is 11.2 Å². The molecule has 200 valence electrons. The van der Waals surface area contributed by atoms with Crippen molar-refractivity contribution < 1.29 is 22.7 Å². The predicted octanol–water partition coefficient (Wildman–Crippen LogP) is 5.67. The number of fused-ring (bicyclic) bond motifs is 1. The standard InChI is InChI=1S/C25H27BrF3N5O2.ClH/c1-33(2)23-19-5-3-4-6-20(19)31-24(32-23)30-15-16-9-11-34(12-10-16)22(35)13-17-7-8-18(26)14-21(17)36-25(27,28)29;/h3-8,14,16H,9-13,15H2,1-2H3,(H,30,31,32);1H. The van der Waals surface area contributed by atoms with Crippen LogP contribution in [0.1, 0.15) is 18.4 Å². The van der Waals surface area contributed by atoms with Gasteiger partial charge < -0.3 is 19.9 Å². The molecular weight excluding hydrogens is 575 g/mol. The molecule has 0 radical (unpaired) electrons. The maximum Gasteiger partial charge on any atom is 0.573 e. The zero-order valence-electron chi connectivity index (χ0n) is 20.4. The Morgan fingerprint density at radius 1 is 1.16 bits per heavy atom. The first-order valence-corrected chi connectivity index (χ1v) is 12.4. The molecule has 2 heterocycles. The molecule has 1 aliphatic rings. The molecule has 1 N–H and O–H groups in total. The van der Waals surface area contributed by atoms with Crippen LogP contribution in [0.5, 0.6) is 5.75 Å². The molecule has 0 saturated carbocycles. The molecule has 2 aromatic carbocycles. The van der Waals surface area contributed by atoms with Crippen LogP contribution in [0.4, 0.5) is 24.9 Å². The molecule has 0 spiro atoms. The molecule has 1 aliphatic heterocycles. The molecule has 7 nitrogen and oxygen atoms in total. The Balaban J connectivity index is 0.00000380. The second-order valence-electron chi connectivity index (χ2n) is 8.96. The minimum Gasteiger partial charge on any atom is -0.405 e. The predicted molar refractivity (Wildman–Crippen MR) is 143 cm³/mol. The number of hydrogen-bond acceptors (Lipinski definition) is 6. The van der Waals surface area contributed by atoms with Gasteiger partial charge in [-0.15, -0.1) is 25.6 Å². The molecule has 0 bridgehead atoms. The highest BCUT2D eigenvalue weighted by Gasteiger charge is 2.33. The maximum atomic E-state index is 12.8. The minimum atomic E-state index is -4.83. The van der Waals surface area contributed by atoms with Crippen molar-refractivity contribution in [1.82, 2.24) is 14.9 Å². The number of piperidine rings is 1. The second-order valence-corrected chi connectivity index (χ2v) is 9.88. The number of amides is 1. The van der Waals surface area contributed by atoms with Crippen molar-refractivity contribution in [3.05, 3.63) is 52.5 Å². The number of aromatic nitrogens is 2. The third-order valence-corrected chi connectivity index (χ3v) is 6.61. The second kappa shape index (κ2) is 12.2. The number of hydrogen-bond donors (Lipinski definition) is 1. The molecule has 1 fully saturated rings. The van der Waals surface area contributed by atoms with Gasteiger partial charge in [0.25, 0.3) is 0 Å². The van der Waals surface area contributed by atoms with Gasteiger partial charge in [-0.25, -0.2) is 4.98 Å². The van der Waals surface area contributed by atoms with E-state index in [4.69, 9.17) is 0 Å². The first-order chi connectivity index (χ1) is 17.1. The lowest BCUT2D eigenvalue weighted by Crippen LogP contribution is -2.40. The molecule has 1 amide bonds. The van der Waals surface area contributed by atoms with E-state index in [0.717, 1.165) is 29.6 Å². The number of halogens is 5. The summed E-state index contributed by atoms with van der Waals surface area (Å²) in [6.07, 6.45) is -3.43. The van der Waals surface area contributed by atoms with E-state index in [9.17, 15) is 18.0 Å². The van der Waals surface area contributed by atoms with Gasteiger partial charge in [-0.3, -0.25) is 4.79 Å². The summed E-state index contributed by atoms with van der Waals surface area (Å²) in [6, 6.07) is 12.2. The Morgan fingerprint density at radius 3 is 2.54 bits per heavy atom. The van der Waals surface area contributed by atoms with Gasteiger partial charge in [-0.1, -0.05) is 34.1 Å². The third kappa shape index (κ3) is 7.61. The van der Waals surface area contributed by atoms with Crippen LogP contribution in [-0.4, -0.2) is 60.9 Å². The van der Waals surface area contributed by atoms with Crippen LogP contribution in [0.15, 0.2) is 46.9 Å². The van der Waals surface area contributed by atoms with Crippen molar-refractivity contribution in [3.63, 3.8) is 0 Å². The number of rotatable bonds is 7. The lowest BCUT2D eigenvalue weighted by Gasteiger charge is -2.32. The van der Waals surface area contributed by atoms with Crippen LogP contribution in [0.3, 0.4) is 0 Å². The normalized spacial score (nSPS) is 14.3. The Kier molecular flexibility index (Phi) is 9.46. The van der Waals surface area contributed by atoms with Gasteiger partial charge in [0.05, 0.1) is 11.9 Å². The molecule has 1 aromatic heterocycles. The minimum absolute atomic E-state index is 0. The van der Waals surface area contributed by atoms with Crippen LogP contribution in [0, 0.1) is 5.92 Å². The number of para-hydroxylation sites is 1. The fourth-order valence-electron chi connectivity index (χ4n) is 4.27. The molecule has 4 rings (SSSR count). The Labute approximate surface area is 227 Å². The number of anilines is 2. The highest BCUT2D eigenvalue weighted by Crippen LogP contribution is 2.30. The summed E-state index contributed by atoms with van der Waals surface area (Å²) in [4.78, 5) is 25.8. The van der Waals surface area contributed by atoms with E-state index >= 15 is 0 Å². The number of benzene rings is 2. The summed E-state index contributed by atoms with van der Waals surface area (Å²) in [5, 5.41) is 4.32. The number of nitrogens with one attached hydrogen (secondary N) is 1. The monoisotopic (exact) mass is 601 g/mol. The fraction of sp³-hybridized carbons (Fsp3) is 0.400. The number of alkyl halides is 3. The van der Waals surface area contributed by atoms with Gasteiger partial charge in [0, 0.05) is 49.2 Å². The van der Waals surface area contributed by atoms with E-state index in [1.165, 1.54) is 12.1 Å². The van der Waals surface area contributed by atoms with Crippen LogP contribution in [0.2, 0.25) is 0 Å². The van der Waals surface area contributed by atoms with E-state index in [1.807, 2.05) is 43.3 Å². The van der Waals surface area contributed by atoms with Crippen LogP contribution < -0.4 is 15.0 Å². The summed E-state index contributed by atoms with van der Waals surface area (Å²) in [5.41, 5.74) is 1.07. The van der Waals surface area contributed by atoms with E-state index < -0.39 is 6.36 Å². The maximum absolute atomic E-state index is 12.8. The molecule has 0 atom stereocenters.